The Labute approximate surface area is 147 Å². The van der Waals surface area contributed by atoms with Crippen molar-refractivity contribution < 1.29 is 19.1 Å². The van der Waals surface area contributed by atoms with E-state index in [4.69, 9.17) is 9.47 Å². The maximum absolute atomic E-state index is 12.2. The Morgan fingerprint density at radius 2 is 1.48 bits per heavy atom. The van der Waals surface area contributed by atoms with Gasteiger partial charge in [-0.15, -0.1) is 0 Å². The van der Waals surface area contributed by atoms with Crippen molar-refractivity contribution in [3.63, 3.8) is 0 Å². The monoisotopic (exact) mass is 339 g/mol. The lowest BCUT2D eigenvalue weighted by atomic mass is 10.1. The second-order valence-corrected chi connectivity index (χ2v) is 6.90. The van der Waals surface area contributed by atoms with Gasteiger partial charge in [0.05, 0.1) is 0 Å². The van der Waals surface area contributed by atoms with E-state index in [-0.39, 0.29) is 6.54 Å². The summed E-state index contributed by atoms with van der Waals surface area (Å²) in [5.41, 5.74) is 3.42. The van der Waals surface area contributed by atoms with Gasteiger partial charge in [-0.2, -0.15) is 0 Å². The number of rotatable bonds is 3. The van der Waals surface area contributed by atoms with Crippen molar-refractivity contribution >= 4 is 12.1 Å². The molecule has 0 bridgehead atoms. The minimum atomic E-state index is -0.642. The predicted octanol–water partition coefficient (Wildman–Crippen LogP) is 3.82. The molecule has 0 unspecified atom stereocenters. The Morgan fingerprint density at radius 1 is 0.960 bits per heavy atom. The largest absolute Gasteiger partial charge is 0.451 e. The third kappa shape index (κ3) is 3.82. The van der Waals surface area contributed by atoms with Crippen LogP contribution in [0.3, 0.4) is 0 Å². The fourth-order valence-corrected chi connectivity index (χ4v) is 2.87. The summed E-state index contributed by atoms with van der Waals surface area (Å²) < 4.78 is 10.7. The molecule has 1 aliphatic carbocycles. The van der Waals surface area contributed by atoms with Crippen LogP contribution in [-0.2, 0) is 14.3 Å². The second kappa shape index (κ2) is 6.59. The molecule has 5 nitrogen and oxygen atoms in total. The van der Waals surface area contributed by atoms with Crippen LogP contribution in [0, 0.1) is 0 Å². The van der Waals surface area contributed by atoms with Crippen LogP contribution < -0.4 is 5.32 Å². The summed E-state index contributed by atoms with van der Waals surface area (Å²) in [7, 11) is 0. The van der Waals surface area contributed by atoms with Crippen molar-refractivity contribution in [2.75, 3.05) is 6.54 Å². The highest BCUT2D eigenvalue weighted by Crippen LogP contribution is 2.44. The maximum Gasteiger partial charge on any atom is 0.408 e. The normalized spacial score (nSPS) is 12.9. The fraction of sp³-hybridized carbons (Fsp3) is 0.300. The fourth-order valence-electron chi connectivity index (χ4n) is 2.87. The zero-order valence-electron chi connectivity index (χ0n) is 14.5. The van der Waals surface area contributed by atoms with Crippen LogP contribution >= 0.6 is 0 Å². The van der Waals surface area contributed by atoms with E-state index in [0.717, 1.165) is 22.3 Å². The number of esters is 1. The van der Waals surface area contributed by atoms with Crippen LogP contribution in [0.25, 0.3) is 11.1 Å². The van der Waals surface area contributed by atoms with Gasteiger partial charge >= 0.3 is 12.1 Å². The van der Waals surface area contributed by atoms with Gasteiger partial charge in [0.1, 0.15) is 12.1 Å². The summed E-state index contributed by atoms with van der Waals surface area (Å²) in [5.74, 6) is -0.512. The molecular formula is C20H21NO4. The number of benzene rings is 2. The number of alkyl carbamates (subject to hydrolysis) is 1. The van der Waals surface area contributed by atoms with E-state index < -0.39 is 23.8 Å². The Kier molecular flexibility index (Phi) is 4.49. The van der Waals surface area contributed by atoms with E-state index in [9.17, 15) is 9.59 Å². The average molecular weight is 339 g/mol. The van der Waals surface area contributed by atoms with E-state index >= 15 is 0 Å². The van der Waals surface area contributed by atoms with E-state index in [2.05, 4.69) is 5.32 Å². The predicted molar refractivity (Wildman–Crippen MR) is 94.0 cm³/mol. The van der Waals surface area contributed by atoms with Crippen LogP contribution in [0.5, 0.6) is 0 Å². The van der Waals surface area contributed by atoms with Crippen LogP contribution in [0.15, 0.2) is 48.5 Å². The topological polar surface area (TPSA) is 64.6 Å². The van der Waals surface area contributed by atoms with Crippen LogP contribution in [0.4, 0.5) is 4.79 Å². The standard InChI is InChI=1S/C20H21NO4/c1-20(2,3)25-19(23)21-12-17(22)24-18-15-10-6-4-8-13(15)14-9-5-7-11-16(14)18/h4-11,18H,12H2,1-3H3,(H,21,23). The number of carbonyl (C=O) groups excluding carboxylic acids is 2. The van der Waals surface area contributed by atoms with Crippen molar-refractivity contribution in [1.82, 2.24) is 5.32 Å². The van der Waals surface area contributed by atoms with Crippen molar-refractivity contribution in [3.8, 4) is 11.1 Å². The lowest BCUT2D eigenvalue weighted by molar-refractivity contribution is -0.146. The highest BCUT2D eigenvalue weighted by atomic mass is 16.6. The molecule has 0 aliphatic heterocycles. The van der Waals surface area contributed by atoms with Crippen LogP contribution in [-0.4, -0.2) is 24.2 Å². The molecule has 0 spiro atoms. The van der Waals surface area contributed by atoms with Crippen molar-refractivity contribution in [2.24, 2.45) is 0 Å². The van der Waals surface area contributed by atoms with Gasteiger partial charge in [0.15, 0.2) is 6.10 Å². The Hall–Kier alpha value is -2.82. The van der Waals surface area contributed by atoms with E-state index in [1.807, 2.05) is 48.5 Å². The third-order valence-electron chi connectivity index (χ3n) is 3.80. The first-order valence-electron chi connectivity index (χ1n) is 8.20. The molecule has 0 heterocycles. The van der Waals surface area contributed by atoms with Crippen molar-refractivity contribution in [1.29, 1.82) is 0 Å². The maximum atomic E-state index is 12.2. The Balaban J connectivity index is 1.69. The van der Waals surface area contributed by atoms with E-state index in [0.29, 0.717) is 0 Å². The number of carbonyl (C=O) groups is 2. The van der Waals surface area contributed by atoms with Crippen molar-refractivity contribution in [3.05, 3.63) is 59.7 Å². The van der Waals surface area contributed by atoms with Gasteiger partial charge in [-0.1, -0.05) is 48.5 Å². The highest BCUT2D eigenvalue weighted by molar-refractivity contribution is 5.82. The molecule has 0 atom stereocenters. The molecule has 1 N–H and O–H groups in total. The molecule has 2 aromatic carbocycles. The summed E-state index contributed by atoms with van der Waals surface area (Å²) in [6.45, 7) is 5.04. The van der Waals surface area contributed by atoms with Gasteiger partial charge in [-0.05, 0) is 31.9 Å². The first-order chi connectivity index (χ1) is 11.8. The first kappa shape index (κ1) is 17.0. The smallest absolute Gasteiger partial charge is 0.408 e. The van der Waals surface area contributed by atoms with Gasteiger partial charge in [0.25, 0.3) is 0 Å². The molecule has 0 aromatic heterocycles. The average Bonchev–Trinajstić information content (AvgIpc) is 2.86. The van der Waals surface area contributed by atoms with Gasteiger partial charge in [0, 0.05) is 11.1 Å². The molecule has 0 saturated heterocycles. The van der Waals surface area contributed by atoms with Crippen LogP contribution in [0.2, 0.25) is 0 Å². The molecule has 130 valence electrons. The molecular weight excluding hydrogens is 318 g/mol. The van der Waals surface area contributed by atoms with Gasteiger partial charge < -0.3 is 14.8 Å². The van der Waals surface area contributed by atoms with E-state index in [1.54, 1.807) is 20.8 Å². The highest BCUT2D eigenvalue weighted by Gasteiger charge is 2.31. The summed E-state index contributed by atoms with van der Waals surface area (Å²) in [6, 6.07) is 15.7. The Bertz CT molecular complexity index is 762. The zero-order chi connectivity index (χ0) is 18.0. The molecule has 0 radical (unpaired) electrons. The van der Waals surface area contributed by atoms with Crippen molar-refractivity contribution in [2.45, 2.75) is 32.5 Å². The van der Waals surface area contributed by atoms with E-state index in [1.165, 1.54) is 0 Å². The quantitative estimate of drug-likeness (QED) is 0.863. The number of ether oxygens (including phenoxy) is 2. The molecule has 1 aliphatic rings. The lowest BCUT2D eigenvalue weighted by Crippen LogP contribution is -2.36. The Morgan fingerprint density at radius 3 is 2.00 bits per heavy atom. The van der Waals surface area contributed by atoms with Crippen LogP contribution in [0.1, 0.15) is 38.0 Å². The molecule has 5 heteroatoms. The van der Waals surface area contributed by atoms with Gasteiger partial charge in [0.2, 0.25) is 0 Å². The molecule has 0 fully saturated rings. The summed E-state index contributed by atoms with van der Waals surface area (Å²) in [4.78, 5) is 23.9. The zero-order valence-corrected chi connectivity index (χ0v) is 14.5. The van der Waals surface area contributed by atoms with Gasteiger partial charge in [-0.3, -0.25) is 4.79 Å². The number of fused-ring (bicyclic) bond motifs is 3. The molecule has 25 heavy (non-hydrogen) atoms. The SMILES string of the molecule is CC(C)(C)OC(=O)NCC(=O)OC1c2ccccc2-c2ccccc21. The second-order valence-electron chi connectivity index (χ2n) is 6.90. The van der Waals surface area contributed by atoms with Gasteiger partial charge in [-0.25, -0.2) is 4.79 Å². The summed E-state index contributed by atoms with van der Waals surface area (Å²) in [5, 5.41) is 2.43. The minimum Gasteiger partial charge on any atom is -0.451 e. The molecule has 2 aromatic rings. The molecule has 3 rings (SSSR count). The first-order valence-corrected chi connectivity index (χ1v) is 8.20. The number of hydrogen-bond acceptors (Lipinski definition) is 4. The lowest BCUT2D eigenvalue weighted by Gasteiger charge is -2.20. The number of hydrogen-bond donors (Lipinski definition) is 1. The molecule has 1 amide bonds. The third-order valence-corrected chi connectivity index (χ3v) is 3.80. The number of amides is 1. The summed E-state index contributed by atoms with van der Waals surface area (Å²) in [6.07, 6.45) is -1.10. The number of nitrogens with one attached hydrogen (secondary N) is 1. The summed E-state index contributed by atoms with van der Waals surface area (Å²) >= 11 is 0. The molecule has 0 saturated carbocycles. The minimum absolute atomic E-state index is 0.240.